The number of carbonyl (C=O) groups excluding carboxylic acids is 5. The molecule has 0 saturated carbocycles. The van der Waals surface area contributed by atoms with Gasteiger partial charge in [0.1, 0.15) is 25.2 Å². The molecule has 0 fully saturated rings. The molecule has 0 aromatic rings. The number of carbonyl (C=O) groups is 5. The molecule has 5 aliphatic heterocycles. The lowest BCUT2D eigenvalue weighted by atomic mass is 10.1. The highest BCUT2D eigenvalue weighted by molar-refractivity contribution is 9.28. The van der Waals surface area contributed by atoms with E-state index in [1.807, 2.05) is 0 Å². The van der Waals surface area contributed by atoms with Crippen molar-refractivity contribution < 1.29 is 47.7 Å². The highest BCUT2D eigenvalue weighted by atomic mass is 79.9. The van der Waals surface area contributed by atoms with E-state index in [0.717, 1.165) is 59.7 Å². The molecule has 5 heterocycles. The summed E-state index contributed by atoms with van der Waals surface area (Å²) >= 11 is 15.8. The van der Waals surface area contributed by atoms with Crippen LogP contribution in [-0.2, 0) is 47.7 Å². The van der Waals surface area contributed by atoms with E-state index >= 15 is 0 Å². The number of unbranched alkanes of at least 4 members (excludes halogenated alkanes) is 11. The summed E-state index contributed by atoms with van der Waals surface area (Å²) in [5, 5.41) is 0. The van der Waals surface area contributed by atoms with Crippen LogP contribution < -0.4 is 0 Å². The number of halogens is 5. The fourth-order valence-electron chi connectivity index (χ4n) is 5.71. The zero-order valence-corrected chi connectivity index (χ0v) is 44.4. The zero-order chi connectivity index (χ0) is 46.8. The molecule has 15 heteroatoms. The molecule has 0 N–H and O–H groups in total. The molecular formula is C47H59Br5O10. The van der Waals surface area contributed by atoms with E-state index in [1.165, 1.54) is 70.6 Å². The second kappa shape index (κ2) is 31.9. The standard InChI is InChI=1S/C12H17BrO2.C12H18O2.C11H16O2.2C6H4Br2O2/c1-3-4-5-6-7-8-10-9(2)15-12(14)11(10)13;1-3-4-5-6-7-8-11-9-12(13)14-10(11)2;1-3-4-5-6-7-10-8-11(12)13-9(10)2;1-3-5(8)4(2-7)10-6(3)9;1-3-2-4(5(7)8)10-6(3)9/h2-8H2,1H3;9H,2-8H2,1H3;8H,2-7H2,1H3;2*2H,1H3/b;;;4-2-;. The topological polar surface area (TPSA) is 132 Å². The third-order valence-corrected chi connectivity index (χ3v) is 12.3. The number of cyclic esters (lactones) is 5. The first-order valence-electron chi connectivity index (χ1n) is 20.8. The third kappa shape index (κ3) is 21.7. The molecule has 0 amide bonds. The quantitative estimate of drug-likeness (QED) is 0.0788. The number of ether oxygens (including phenoxy) is 5. The Balaban J connectivity index is 0.000000391. The van der Waals surface area contributed by atoms with Gasteiger partial charge in [-0.25, -0.2) is 24.0 Å². The fourth-order valence-corrected chi connectivity index (χ4v) is 7.58. The minimum atomic E-state index is -0.302. The SMILES string of the molecule is C=C1OC(=O)C(Br)=C1CCCCCCC.C=C1OC(=O)C=C1CCCCCC.C=C1OC(=O)C=C1CCCCCCC.CC1=C(Br)/C(=C/Br)OC1=O.CC1=CC(=C(Br)Br)OC1=O. The summed E-state index contributed by atoms with van der Waals surface area (Å²) in [5.74, 6) is 1.25. The maximum Gasteiger partial charge on any atom is 0.351 e. The van der Waals surface area contributed by atoms with E-state index in [4.69, 9.17) is 23.7 Å². The zero-order valence-electron chi connectivity index (χ0n) is 36.4. The van der Waals surface area contributed by atoms with Crippen LogP contribution in [-0.4, -0.2) is 29.8 Å². The summed E-state index contributed by atoms with van der Waals surface area (Å²) in [5.41, 5.74) is 4.11. The summed E-state index contributed by atoms with van der Waals surface area (Å²) in [6.07, 6.45) is 24.6. The molecule has 0 aliphatic carbocycles. The van der Waals surface area contributed by atoms with Crippen molar-refractivity contribution in [2.24, 2.45) is 0 Å². The Morgan fingerprint density at radius 1 is 0.548 bits per heavy atom. The van der Waals surface area contributed by atoms with Gasteiger partial charge in [0.2, 0.25) is 0 Å². The Hall–Kier alpha value is -2.85. The van der Waals surface area contributed by atoms with Crippen LogP contribution in [0.25, 0.3) is 0 Å². The lowest BCUT2D eigenvalue weighted by molar-refractivity contribution is -0.134. The predicted octanol–water partition coefficient (Wildman–Crippen LogP) is 15.3. The van der Waals surface area contributed by atoms with Gasteiger partial charge in [0, 0.05) is 39.4 Å². The molecule has 0 aromatic heterocycles. The summed E-state index contributed by atoms with van der Waals surface area (Å²) in [6.45, 7) is 21.1. The Labute approximate surface area is 409 Å². The van der Waals surface area contributed by atoms with Gasteiger partial charge in [-0.1, -0.05) is 127 Å². The van der Waals surface area contributed by atoms with E-state index in [9.17, 15) is 24.0 Å². The van der Waals surface area contributed by atoms with Crippen molar-refractivity contribution in [3.8, 4) is 0 Å². The Morgan fingerprint density at radius 2 is 1.00 bits per heavy atom. The largest absolute Gasteiger partial charge is 0.424 e. The molecule has 342 valence electrons. The van der Waals surface area contributed by atoms with Crippen LogP contribution in [0.4, 0.5) is 0 Å². The summed E-state index contributed by atoms with van der Waals surface area (Å²) in [4.78, 5) is 55.8. The molecule has 10 nitrogen and oxygen atoms in total. The van der Waals surface area contributed by atoms with Crippen molar-refractivity contribution in [1.82, 2.24) is 0 Å². The number of allylic oxidation sites excluding steroid dienone is 5. The van der Waals surface area contributed by atoms with Gasteiger partial charge in [-0.15, -0.1) is 0 Å². The molecule has 0 radical (unpaired) electrons. The van der Waals surface area contributed by atoms with Crippen molar-refractivity contribution in [2.75, 3.05) is 0 Å². The first-order chi connectivity index (χ1) is 29.4. The van der Waals surface area contributed by atoms with Gasteiger partial charge in [-0.3, -0.25) is 0 Å². The van der Waals surface area contributed by atoms with Crippen molar-refractivity contribution in [3.63, 3.8) is 0 Å². The van der Waals surface area contributed by atoms with Gasteiger partial charge in [0.15, 0.2) is 11.5 Å². The molecule has 0 atom stereocenters. The van der Waals surface area contributed by atoms with Crippen LogP contribution in [0, 0.1) is 0 Å². The normalized spacial score (nSPS) is 17.1. The van der Waals surface area contributed by atoms with Crippen LogP contribution in [0.3, 0.4) is 0 Å². The minimum absolute atomic E-state index is 0.265. The number of hydrogen-bond acceptors (Lipinski definition) is 10. The van der Waals surface area contributed by atoms with Crippen molar-refractivity contribution in [1.29, 1.82) is 0 Å². The van der Waals surface area contributed by atoms with Gasteiger partial charge >= 0.3 is 29.8 Å². The first kappa shape index (κ1) is 57.2. The lowest BCUT2D eigenvalue weighted by Gasteiger charge is -2.02. The van der Waals surface area contributed by atoms with Crippen molar-refractivity contribution in [3.05, 3.63) is 112 Å². The molecule has 62 heavy (non-hydrogen) atoms. The number of rotatable bonds is 17. The molecule has 0 aromatic carbocycles. The molecule has 5 aliphatic rings. The van der Waals surface area contributed by atoms with E-state index in [2.05, 4.69) is 120 Å². The monoisotopic (exact) mass is 1180 g/mol. The fraction of sp³-hybridized carbons (Fsp3) is 0.468. The predicted molar refractivity (Wildman–Crippen MR) is 263 cm³/mol. The minimum Gasteiger partial charge on any atom is -0.424 e. The van der Waals surface area contributed by atoms with E-state index < -0.39 is 0 Å². The van der Waals surface area contributed by atoms with Crippen LogP contribution in [0.15, 0.2) is 112 Å². The summed E-state index contributed by atoms with van der Waals surface area (Å²) in [6, 6.07) is 0. The maximum absolute atomic E-state index is 11.1. The second-order valence-electron chi connectivity index (χ2n) is 14.4. The van der Waals surface area contributed by atoms with Crippen LogP contribution in [0.2, 0.25) is 0 Å². The second-order valence-corrected chi connectivity index (χ2v) is 19.1. The lowest BCUT2D eigenvalue weighted by Crippen LogP contribution is -1.94. The highest BCUT2D eigenvalue weighted by Crippen LogP contribution is 2.33. The summed E-state index contributed by atoms with van der Waals surface area (Å²) < 4.78 is 26.1. The molecule has 5 rings (SSSR count). The molecule has 0 saturated heterocycles. The Morgan fingerprint density at radius 3 is 1.29 bits per heavy atom. The molecule has 0 bridgehead atoms. The van der Waals surface area contributed by atoms with Gasteiger partial charge in [-0.2, -0.15) is 0 Å². The van der Waals surface area contributed by atoms with Gasteiger partial charge < -0.3 is 23.7 Å². The maximum atomic E-state index is 11.1. The first-order valence-corrected chi connectivity index (χ1v) is 24.9. The summed E-state index contributed by atoms with van der Waals surface area (Å²) in [7, 11) is 0. The van der Waals surface area contributed by atoms with Gasteiger partial charge in [0.05, 0.1) is 10.1 Å². The number of hydrogen-bond donors (Lipinski definition) is 0. The van der Waals surface area contributed by atoms with E-state index in [1.54, 1.807) is 37.1 Å². The van der Waals surface area contributed by atoms with Crippen molar-refractivity contribution >= 4 is 109 Å². The molecule has 0 spiro atoms. The van der Waals surface area contributed by atoms with Crippen LogP contribution >= 0.6 is 79.6 Å². The van der Waals surface area contributed by atoms with Crippen molar-refractivity contribution in [2.45, 2.75) is 144 Å². The van der Waals surface area contributed by atoms with Crippen LogP contribution in [0.5, 0.6) is 0 Å². The van der Waals surface area contributed by atoms with Gasteiger partial charge in [-0.05, 0) is 122 Å². The average Bonchev–Trinajstić information content (AvgIpc) is 3.99. The Bertz CT molecular complexity index is 1890. The molecular weight excluding hydrogens is 1120 g/mol. The highest BCUT2D eigenvalue weighted by Gasteiger charge is 2.26. The van der Waals surface area contributed by atoms with Crippen LogP contribution in [0.1, 0.15) is 144 Å². The number of esters is 5. The average molecular weight is 1180 g/mol. The van der Waals surface area contributed by atoms with Gasteiger partial charge in [0.25, 0.3) is 0 Å². The van der Waals surface area contributed by atoms with E-state index in [-0.39, 0.29) is 29.8 Å². The Kier molecular flexibility index (Phi) is 29.4. The smallest absolute Gasteiger partial charge is 0.351 e. The third-order valence-electron chi connectivity index (χ3n) is 9.34. The molecule has 0 unspecified atom stereocenters. The van der Waals surface area contributed by atoms with E-state index in [0.29, 0.717) is 47.8 Å².